The summed E-state index contributed by atoms with van der Waals surface area (Å²) in [7, 11) is 0. The predicted octanol–water partition coefficient (Wildman–Crippen LogP) is 0.950. The Bertz CT molecular complexity index is 434. The van der Waals surface area contributed by atoms with Crippen molar-refractivity contribution in [3.05, 3.63) is 35.4 Å². The van der Waals surface area contributed by atoms with E-state index in [1.54, 1.807) is 0 Å². The highest BCUT2D eigenvalue weighted by Gasteiger charge is 2.20. The van der Waals surface area contributed by atoms with E-state index in [4.69, 9.17) is 10.8 Å². The molecule has 16 heavy (non-hydrogen) atoms. The van der Waals surface area contributed by atoms with Gasteiger partial charge in [-0.05, 0) is 18.2 Å². The second kappa shape index (κ2) is 4.80. The van der Waals surface area contributed by atoms with Gasteiger partial charge in [0.1, 0.15) is 17.7 Å². The number of Topliss-reactive ketones (excluding diaryl/α,β-unsaturated/α-hetero) is 1. The third-order valence-electron chi connectivity index (χ3n) is 1.95. The Kier molecular flexibility index (Phi) is 3.68. The monoisotopic (exact) mass is 229 g/mol. The molecule has 0 saturated heterocycles. The Hall–Kier alpha value is -1.82. The SMILES string of the molecule is N[C@@H](CC(=O)c1cc(F)ccc1F)C(=O)O. The van der Waals surface area contributed by atoms with Crippen LogP contribution in [0, 0.1) is 11.6 Å². The molecule has 86 valence electrons. The van der Waals surface area contributed by atoms with Gasteiger partial charge in [0.25, 0.3) is 0 Å². The van der Waals surface area contributed by atoms with Crippen LogP contribution < -0.4 is 5.73 Å². The van der Waals surface area contributed by atoms with Crippen molar-refractivity contribution in [3.63, 3.8) is 0 Å². The lowest BCUT2D eigenvalue weighted by Gasteiger charge is -2.06. The third-order valence-corrected chi connectivity index (χ3v) is 1.95. The van der Waals surface area contributed by atoms with Crippen LogP contribution >= 0.6 is 0 Å². The first-order valence-corrected chi connectivity index (χ1v) is 4.38. The Balaban J connectivity index is 2.88. The molecular formula is C10H9F2NO3. The topological polar surface area (TPSA) is 80.4 Å². The first-order chi connectivity index (χ1) is 7.41. The molecule has 0 bridgehead atoms. The van der Waals surface area contributed by atoms with Crippen molar-refractivity contribution in [3.8, 4) is 0 Å². The summed E-state index contributed by atoms with van der Waals surface area (Å²) in [6.45, 7) is 0. The van der Waals surface area contributed by atoms with E-state index in [9.17, 15) is 18.4 Å². The van der Waals surface area contributed by atoms with Crippen LogP contribution in [0.3, 0.4) is 0 Å². The lowest BCUT2D eigenvalue weighted by molar-refractivity contribution is -0.138. The minimum atomic E-state index is -1.42. The number of carboxylic acid groups (broad SMARTS) is 1. The van der Waals surface area contributed by atoms with Crippen LogP contribution in [0.5, 0.6) is 0 Å². The molecule has 0 aliphatic carbocycles. The van der Waals surface area contributed by atoms with Gasteiger partial charge >= 0.3 is 5.97 Å². The normalized spacial score (nSPS) is 12.2. The van der Waals surface area contributed by atoms with Gasteiger partial charge in [0.15, 0.2) is 5.78 Å². The molecule has 0 aliphatic heterocycles. The number of carboxylic acids is 1. The van der Waals surface area contributed by atoms with Crippen molar-refractivity contribution in [1.29, 1.82) is 0 Å². The molecule has 0 saturated carbocycles. The Labute approximate surface area is 89.7 Å². The fourth-order valence-corrected chi connectivity index (χ4v) is 1.11. The summed E-state index contributed by atoms with van der Waals surface area (Å²) >= 11 is 0. The van der Waals surface area contributed by atoms with Crippen LogP contribution in [0.1, 0.15) is 16.8 Å². The van der Waals surface area contributed by atoms with Crippen LogP contribution in [-0.2, 0) is 4.79 Å². The van der Waals surface area contributed by atoms with E-state index in [-0.39, 0.29) is 0 Å². The zero-order chi connectivity index (χ0) is 12.3. The molecule has 1 atom stereocenters. The largest absolute Gasteiger partial charge is 0.480 e. The number of halogens is 2. The van der Waals surface area contributed by atoms with E-state index >= 15 is 0 Å². The van der Waals surface area contributed by atoms with Crippen molar-refractivity contribution in [2.75, 3.05) is 0 Å². The molecule has 0 aliphatic rings. The van der Waals surface area contributed by atoms with Gasteiger partial charge in [-0.2, -0.15) is 0 Å². The number of nitrogens with two attached hydrogens (primary N) is 1. The molecule has 1 aromatic carbocycles. The van der Waals surface area contributed by atoms with Crippen molar-refractivity contribution < 1.29 is 23.5 Å². The molecule has 1 rings (SSSR count). The number of rotatable bonds is 4. The lowest BCUT2D eigenvalue weighted by Crippen LogP contribution is -2.32. The van der Waals surface area contributed by atoms with Gasteiger partial charge in [-0.1, -0.05) is 0 Å². The summed E-state index contributed by atoms with van der Waals surface area (Å²) in [5.41, 5.74) is 4.62. The first-order valence-electron chi connectivity index (χ1n) is 4.38. The summed E-state index contributed by atoms with van der Waals surface area (Å²) < 4.78 is 25.8. The summed E-state index contributed by atoms with van der Waals surface area (Å²) in [5, 5.41) is 8.46. The fraction of sp³-hybridized carbons (Fsp3) is 0.200. The molecule has 4 nitrogen and oxygen atoms in total. The van der Waals surface area contributed by atoms with Gasteiger partial charge in [-0.15, -0.1) is 0 Å². The summed E-state index contributed by atoms with van der Waals surface area (Å²) in [4.78, 5) is 21.8. The molecule has 0 spiro atoms. The maximum absolute atomic E-state index is 13.1. The zero-order valence-corrected chi connectivity index (χ0v) is 8.11. The van der Waals surface area contributed by atoms with Crippen molar-refractivity contribution in [2.24, 2.45) is 5.73 Å². The number of hydrogen-bond acceptors (Lipinski definition) is 3. The highest BCUT2D eigenvalue weighted by Crippen LogP contribution is 2.12. The maximum atomic E-state index is 13.1. The van der Waals surface area contributed by atoms with E-state index in [1.165, 1.54) is 0 Å². The highest BCUT2D eigenvalue weighted by molar-refractivity contribution is 5.98. The van der Waals surface area contributed by atoms with Crippen LogP contribution in [-0.4, -0.2) is 22.9 Å². The minimum Gasteiger partial charge on any atom is -0.480 e. The van der Waals surface area contributed by atoms with E-state index in [0.717, 1.165) is 12.1 Å². The Morgan fingerprint density at radius 2 is 2.00 bits per heavy atom. The quantitative estimate of drug-likeness (QED) is 0.753. The van der Waals surface area contributed by atoms with E-state index in [0.29, 0.717) is 6.07 Å². The standard InChI is InChI=1S/C10H9F2NO3/c11-5-1-2-7(12)6(3-5)9(14)4-8(13)10(15)16/h1-3,8H,4,13H2,(H,15,16)/t8-/m0/s1. The van der Waals surface area contributed by atoms with Crippen LogP contribution in [0.2, 0.25) is 0 Å². The lowest BCUT2D eigenvalue weighted by atomic mass is 10.0. The smallest absolute Gasteiger partial charge is 0.320 e. The van der Waals surface area contributed by atoms with Crippen LogP contribution in [0.25, 0.3) is 0 Å². The predicted molar refractivity (Wildman–Crippen MR) is 50.9 cm³/mol. The molecule has 0 unspecified atom stereocenters. The van der Waals surface area contributed by atoms with Gasteiger partial charge < -0.3 is 10.8 Å². The van der Waals surface area contributed by atoms with Gasteiger partial charge in [0.2, 0.25) is 0 Å². The van der Waals surface area contributed by atoms with E-state index < -0.39 is 41.4 Å². The molecule has 6 heteroatoms. The van der Waals surface area contributed by atoms with Crippen molar-refractivity contribution in [2.45, 2.75) is 12.5 Å². The summed E-state index contributed by atoms with van der Waals surface area (Å²) in [6, 6.07) is 0.958. The molecule has 0 heterocycles. The number of carbonyl (C=O) groups is 2. The third kappa shape index (κ3) is 2.83. The second-order valence-electron chi connectivity index (χ2n) is 3.20. The molecule has 3 N–H and O–H groups in total. The number of aliphatic carboxylic acids is 1. The van der Waals surface area contributed by atoms with Crippen LogP contribution in [0.15, 0.2) is 18.2 Å². The van der Waals surface area contributed by atoms with Gasteiger partial charge in [0, 0.05) is 6.42 Å². The van der Waals surface area contributed by atoms with Gasteiger partial charge in [0.05, 0.1) is 5.56 Å². The number of carbonyl (C=O) groups excluding carboxylic acids is 1. The molecule has 1 aromatic rings. The van der Waals surface area contributed by atoms with Crippen molar-refractivity contribution >= 4 is 11.8 Å². The van der Waals surface area contributed by atoms with Gasteiger partial charge in [-0.25, -0.2) is 8.78 Å². The number of hydrogen-bond donors (Lipinski definition) is 2. The highest BCUT2D eigenvalue weighted by atomic mass is 19.1. The molecule has 0 aromatic heterocycles. The number of benzene rings is 1. The Morgan fingerprint density at radius 1 is 1.38 bits per heavy atom. The van der Waals surface area contributed by atoms with E-state index in [1.807, 2.05) is 0 Å². The average molecular weight is 229 g/mol. The zero-order valence-electron chi connectivity index (χ0n) is 8.11. The van der Waals surface area contributed by atoms with Gasteiger partial charge in [-0.3, -0.25) is 9.59 Å². The second-order valence-corrected chi connectivity index (χ2v) is 3.20. The minimum absolute atomic E-state index is 0.489. The first kappa shape index (κ1) is 12.3. The average Bonchev–Trinajstić information content (AvgIpc) is 2.21. The number of ketones is 1. The molecule has 0 radical (unpaired) electrons. The molecule has 0 fully saturated rings. The van der Waals surface area contributed by atoms with Crippen LogP contribution in [0.4, 0.5) is 8.78 Å². The molecule has 0 amide bonds. The fourth-order valence-electron chi connectivity index (χ4n) is 1.11. The summed E-state index contributed by atoms with van der Waals surface area (Å²) in [5.74, 6) is -3.88. The molecular weight excluding hydrogens is 220 g/mol. The Morgan fingerprint density at radius 3 is 2.56 bits per heavy atom. The maximum Gasteiger partial charge on any atom is 0.320 e. The van der Waals surface area contributed by atoms with E-state index in [2.05, 4.69) is 0 Å². The van der Waals surface area contributed by atoms with Crippen molar-refractivity contribution in [1.82, 2.24) is 0 Å². The summed E-state index contributed by atoms with van der Waals surface area (Å²) in [6.07, 6.45) is -0.574.